The zero-order valence-corrected chi connectivity index (χ0v) is 16.4. The Morgan fingerprint density at radius 3 is 2.35 bits per heavy atom. The van der Waals surface area contributed by atoms with Crippen LogP contribution in [0, 0.1) is 0 Å². The van der Waals surface area contributed by atoms with Gasteiger partial charge in [0.05, 0.1) is 5.02 Å². The van der Waals surface area contributed by atoms with Crippen LogP contribution in [0.15, 0.2) is 53.4 Å². The fourth-order valence-corrected chi connectivity index (χ4v) is 4.01. The zero-order chi connectivity index (χ0) is 19.2. The number of sulfonamides is 1. The van der Waals surface area contributed by atoms with Crippen LogP contribution in [0.25, 0.3) is 0 Å². The minimum atomic E-state index is -3.85. The minimum Gasteiger partial charge on any atom is -0.349 e. The highest BCUT2D eigenvalue weighted by Gasteiger charge is 2.20. The second-order valence-electron chi connectivity index (χ2n) is 5.94. The van der Waals surface area contributed by atoms with Crippen LogP contribution in [-0.2, 0) is 16.6 Å². The van der Waals surface area contributed by atoms with E-state index in [1.165, 1.54) is 18.2 Å². The number of benzene rings is 2. The lowest BCUT2D eigenvalue weighted by molar-refractivity contribution is 0.0934. The van der Waals surface area contributed by atoms with E-state index in [-0.39, 0.29) is 34.0 Å². The van der Waals surface area contributed by atoms with E-state index in [4.69, 9.17) is 11.6 Å². The summed E-state index contributed by atoms with van der Waals surface area (Å²) in [6, 6.07) is 13.5. The maximum atomic E-state index is 12.6. The fraction of sp³-hybridized carbons (Fsp3) is 0.316. The first-order valence-electron chi connectivity index (χ1n) is 8.51. The van der Waals surface area contributed by atoms with Gasteiger partial charge in [-0.1, -0.05) is 55.8 Å². The molecule has 0 bridgehead atoms. The number of rotatable bonds is 8. The Labute approximate surface area is 159 Å². The first kappa shape index (κ1) is 20.4. The fourth-order valence-electron chi connectivity index (χ4n) is 2.46. The molecule has 2 aromatic rings. The molecule has 0 aliphatic carbocycles. The molecular formula is C19H23ClN2O3S. The van der Waals surface area contributed by atoms with E-state index in [0.717, 1.165) is 18.4 Å². The summed E-state index contributed by atoms with van der Waals surface area (Å²) in [7, 11) is -3.85. The molecule has 0 saturated heterocycles. The Balaban J connectivity index is 2.21. The molecule has 0 aromatic heterocycles. The third-order valence-electron chi connectivity index (χ3n) is 4.11. The summed E-state index contributed by atoms with van der Waals surface area (Å²) in [5.41, 5.74) is 1.09. The van der Waals surface area contributed by atoms with Crippen LogP contribution >= 0.6 is 11.6 Å². The predicted molar refractivity (Wildman–Crippen MR) is 104 cm³/mol. The lowest BCUT2D eigenvalue weighted by atomic mass is 10.1. The van der Waals surface area contributed by atoms with E-state index in [9.17, 15) is 13.2 Å². The molecule has 0 aliphatic heterocycles. The van der Waals surface area contributed by atoms with Gasteiger partial charge in [0.25, 0.3) is 5.91 Å². The van der Waals surface area contributed by atoms with Gasteiger partial charge in [0.2, 0.25) is 10.0 Å². The molecule has 2 rings (SSSR count). The molecule has 0 aliphatic rings. The highest BCUT2D eigenvalue weighted by atomic mass is 35.5. The number of amides is 1. The Morgan fingerprint density at radius 1 is 1.08 bits per heavy atom. The van der Waals surface area contributed by atoms with Crippen LogP contribution in [0.3, 0.4) is 0 Å². The van der Waals surface area contributed by atoms with Gasteiger partial charge in [0.15, 0.2) is 0 Å². The van der Waals surface area contributed by atoms with Crippen LogP contribution < -0.4 is 10.0 Å². The minimum absolute atomic E-state index is 0.0504. The van der Waals surface area contributed by atoms with Crippen LogP contribution in [0.4, 0.5) is 0 Å². The predicted octanol–water partition coefficient (Wildman–Crippen LogP) is 3.74. The van der Waals surface area contributed by atoms with Crippen LogP contribution in [0.1, 0.15) is 42.6 Å². The molecule has 0 atom stereocenters. The normalized spacial score (nSPS) is 11.5. The average Bonchev–Trinajstić information content (AvgIpc) is 2.65. The van der Waals surface area contributed by atoms with Crippen LogP contribution in [0.2, 0.25) is 5.02 Å². The van der Waals surface area contributed by atoms with E-state index in [0.29, 0.717) is 0 Å². The Bertz CT molecular complexity index is 850. The maximum Gasteiger partial charge on any atom is 0.251 e. The molecule has 0 saturated carbocycles. The summed E-state index contributed by atoms with van der Waals surface area (Å²) in [4.78, 5) is 12.3. The zero-order valence-electron chi connectivity index (χ0n) is 14.8. The van der Waals surface area contributed by atoms with Gasteiger partial charge >= 0.3 is 0 Å². The largest absolute Gasteiger partial charge is 0.349 e. The van der Waals surface area contributed by atoms with Crippen molar-refractivity contribution in [1.82, 2.24) is 10.0 Å². The summed E-state index contributed by atoms with van der Waals surface area (Å²) >= 11 is 6.08. The summed E-state index contributed by atoms with van der Waals surface area (Å²) in [5, 5.41) is 2.97. The smallest absolute Gasteiger partial charge is 0.251 e. The average molecular weight is 395 g/mol. The van der Waals surface area contributed by atoms with E-state index >= 15 is 0 Å². The van der Waals surface area contributed by atoms with Gasteiger partial charge < -0.3 is 5.32 Å². The number of hydrogen-bond donors (Lipinski definition) is 2. The number of hydrogen-bond acceptors (Lipinski definition) is 3. The monoisotopic (exact) mass is 394 g/mol. The molecule has 140 valence electrons. The Kier molecular flexibility index (Phi) is 7.20. The van der Waals surface area contributed by atoms with Gasteiger partial charge in [-0.25, -0.2) is 13.1 Å². The second-order valence-corrected chi connectivity index (χ2v) is 8.08. The molecule has 0 unspecified atom stereocenters. The van der Waals surface area contributed by atoms with E-state index < -0.39 is 10.0 Å². The molecule has 0 spiro atoms. The number of halogens is 1. The summed E-state index contributed by atoms with van der Waals surface area (Å²) in [6.45, 7) is 4.11. The molecule has 5 nitrogen and oxygen atoms in total. The Hall–Kier alpha value is -1.89. The highest BCUT2D eigenvalue weighted by molar-refractivity contribution is 7.89. The third kappa shape index (κ3) is 5.30. The molecule has 7 heteroatoms. The van der Waals surface area contributed by atoms with Gasteiger partial charge in [0.1, 0.15) is 4.90 Å². The Morgan fingerprint density at radius 2 is 1.73 bits per heavy atom. The van der Waals surface area contributed by atoms with Crippen molar-refractivity contribution in [1.29, 1.82) is 0 Å². The van der Waals surface area contributed by atoms with Gasteiger partial charge in [-0.2, -0.15) is 0 Å². The van der Waals surface area contributed by atoms with Crippen molar-refractivity contribution in [3.8, 4) is 0 Å². The van der Waals surface area contributed by atoms with Gasteiger partial charge in [0, 0.05) is 18.2 Å². The van der Waals surface area contributed by atoms with Crippen molar-refractivity contribution >= 4 is 27.5 Å². The summed E-state index contributed by atoms with van der Waals surface area (Å²) in [6.07, 6.45) is 1.61. The molecule has 1 amide bonds. The number of nitrogens with one attached hydrogen (secondary N) is 2. The molecule has 2 N–H and O–H groups in total. The van der Waals surface area contributed by atoms with E-state index in [1.54, 1.807) is 0 Å². The maximum absolute atomic E-state index is 12.6. The topological polar surface area (TPSA) is 75.3 Å². The van der Waals surface area contributed by atoms with Crippen molar-refractivity contribution in [3.63, 3.8) is 0 Å². The van der Waals surface area contributed by atoms with E-state index in [2.05, 4.69) is 10.0 Å². The number of carbonyl (C=O) groups excluding carboxylic acids is 1. The summed E-state index contributed by atoms with van der Waals surface area (Å²) < 4.78 is 27.7. The van der Waals surface area contributed by atoms with Crippen molar-refractivity contribution in [2.45, 2.75) is 44.2 Å². The first-order valence-corrected chi connectivity index (χ1v) is 10.4. The standard InChI is InChI=1S/C19H23ClN2O3S/c1-3-16(4-2)22-19(23)15-10-11-17(20)18(12-15)26(24,25)21-13-14-8-6-5-7-9-14/h5-12,16,21H,3-4,13H2,1-2H3,(H,22,23). The number of carbonyl (C=O) groups is 1. The lowest BCUT2D eigenvalue weighted by Gasteiger charge is -2.15. The summed E-state index contributed by atoms with van der Waals surface area (Å²) in [5.74, 6) is -0.310. The molecule has 26 heavy (non-hydrogen) atoms. The molecule has 0 radical (unpaired) electrons. The van der Waals surface area contributed by atoms with Crippen LogP contribution in [0.5, 0.6) is 0 Å². The second kappa shape index (κ2) is 9.16. The van der Waals surface area contributed by atoms with Gasteiger partial charge in [-0.05, 0) is 36.6 Å². The molecule has 0 fully saturated rings. The highest BCUT2D eigenvalue weighted by Crippen LogP contribution is 2.23. The van der Waals surface area contributed by atoms with Crippen LogP contribution in [-0.4, -0.2) is 20.4 Å². The van der Waals surface area contributed by atoms with Crippen molar-refractivity contribution < 1.29 is 13.2 Å². The molecular weight excluding hydrogens is 372 g/mol. The third-order valence-corrected chi connectivity index (χ3v) is 6.00. The first-order chi connectivity index (χ1) is 12.4. The lowest BCUT2D eigenvalue weighted by Crippen LogP contribution is -2.34. The molecule has 2 aromatic carbocycles. The SMILES string of the molecule is CCC(CC)NC(=O)c1ccc(Cl)c(S(=O)(=O)NCc2ccccc2)c1. The van der Waals surface area contributed by atoms with E-state index in [1.807, 2.05) is 44.2 Å². The van der Waals surface area contributed by atoms with Gasteiger partial charge in [-0.15, -0.1) is 0 Å². The quantitative estimate of drug-likeness (QED) is 0.716. The molecule has 0 heterocycles. The van der Waals surface area contributed by atoms with Crippen molar-refractivity contribution in [2.24, 2.45) is 0 Å². The van der Waals surface area contributed by atoms with Crippen molar-refractivity contribution in [2.75, 3.05) is 0 Å². The van der Waals surface area contributed by atoms with Crippen molar-refractivity contribution in [3.05, 3.63) is 64.7 Å². The van der Waals surface area contributed by atoms with Gasteiger partial charge in [-0.3, -0.25) is 4.79 Å².